The average Bonchev–Trinajstić information content (AvgIpc) is 3.17. The Balaban J connectivity index is 1.72. The van der Waals surface area contributed by atoms with Crippen LogP contribution in [0.25, 0.3) is 0 Å². The van der Waals surface area contributed by atoms with Crippen LogP contribution >= 0.6 is 0 Å². The first-order valence-electron chi connectivity index (χ1n) is 9.77. The number of carbonyl (C=O) groups excluding carboxylic acids is 1. The molecule has 0 bridgehead atoms. The lowest BCUT2D eigenvalue weighted by molar-refractivity contribution is -0.136. The number of carbonyl (C=O) groups is 1. The molecule has 2 heterocycles. The van der Waals surface area contributed by atoms with Crippen LogP contribution < -0.4 is 5.32 Å². The molecule has 1 N–H and O–H groups in total. The van der Waals surface area contributed by atoms with Gasteiger partial charge in [0.2, 0.25) is 5.91 Å². The van der Waals surface area contributed by atoms with Gasteiger partial charge in [0.05, 0.1) is 0 Å². The molecule has 2 unspecified atom stereocenters. The van der Waals surface area contributed by atoms with Crippen molar-refractivity contribution in [1.82, 2.24) is 20.0 Å². The van der Waals surface area contributed by atoms with E-state index in [-0.39, 0.29) is 11.9 Å². The molecule has 5 nitrogen and oxygen atoms in total. The van der Waals surface area contributed by atoms with Crippen LogP contribution in [0, 0.1) is 0 Å². The Kier molecular flexibility index (Phi) is 6.45. The summed E-state index contributed by atoms with van der Waals surface area (Å²) in [6.45, 7) is 12.2. The van der Waals surface area contributed by atoms with Crippen molar-refractivity contribution in [2.75, 3.05) is 52.4 Å². The molecule has 2 aliphatic rings. The number of hydrogen-bond donors (Lipinski definition) is 1. The predicted molar refractivity (Wildman–Crippen MR) is 102 cm³/mol. The zero-order valence-electron chi connectivity index (χ0n) is 15.7. The maximum absolute atomic E-state index is 13.4. The first-order chi connectivity index (χ1) is 12.2. The van der Waals surface area contributed by atoms with Crippen LogP contribution in [0.2, 0.25) is 0 Å². The van der Waals surface area contributed by atoms with Crippen molar-refractivity contribution in [3.05, 3.63) is 35.9 Å². The largest absolute Gasteiger partial charge is 0.339 e. The number of nitrogens with one attached hydrogen (secondary N) is 1. The first kappa shape index (κ1) is 18.4. The zero-order valence-corrected chi connectivity index (χ0v) is 15.7. The molecular formula is C20H32N4O. The van der Waals surface area contributed by atoms with Crippen molar-refractivity contribution in [2.24, 2.45) is 0 Å². The van der Waals surface area contributed by atoms with E-state index in [4.69, 9.17) is 0 Å². The quantitative estimate of drug-likeness (QED) is 0.850. The highest BCUT2D eigenvalue weighted by Gasteiger charge is 2.36. The van der Waals surface area contributed by atoms with Crippen LogP contribution in [0.15, 0.2) is 30.3 Å². The third-order valence-corrected chi connectivity index (χ3v) is 5.67. The van der Waals surface area contributed by atoms with E-state index in [9.17, 15) is 4.79 Å². The van der Waals surface area contributed by atoms with Crippen LogP contribution in [0.1, 0.15) is 31.9 Å². The molecule has 5 heteroatoms. The highest BCUT2D eigenvalue weighted by atomic mass is 16.2. The Labute approximate surface area is 152 Å². The number of likely N-dealkylation sites (N-methyl/N-ethyl adjacent to an activating group) is 1. The van der Waals surface area contributed by atoms with E-state index < -0.39 is 0 Å². The monoisotopic (exact) mass is 344 g/mol. The Hall–Kier alpha value is -1.43. The van der Waals surface area contributed by atoms with E-state index in [1.54, 1.807) is 0 Å². The van der Waals surface area contributed by atoms with E-state index in [1.807, 2.05) is 18.2 Å². The number of rotatable bonds is 6. The molecule has 3 rings (SSSR count). The molecule has 0 saturated carbocycles. The van der Waals surface area contributed by atoms with E-state index in [0.717, 1.165) is 64.3 Å². The highest BCUT2D eigenvalue weighted by molar-refractivity contribution is 5.83. The molecule has 25 heavy (non-hydrogen) atoms. The van der Waals surface area contributed by atoms with E-state index in [2.05, 4.69) is 46.0 Å². The van der Waals surface area contributed by atoms with E-state index in [1.165, 1.54) is 0 Å². The molecule has 138 valence electrons. The fourth-order valence-corrected chi connectivity index (χ4v) is 4.19. The smallest absolute Gasteiger partial charge is 0.244 e. The molecule has 1 aromatic rings. The molecular weight excluding hydrogens is 312 g/mol. The topological polar surface area (TPSA) is 38.8 Å². The minimum atomic E-state index is -0.155. The Morgan fingerprint density at radius 2 is 1.84 bits per heavy atom. The van der Waals surface area contributed by atoms with Gasteiger partial charge in [0.1, 0.15) is 6.04 Å². The lowest BCUT2D eigenvalue weighted by atomic mass is 10.0. The van der Waals surface area contributed by atoms with Crippen molar-refractivity contribution in [3.8, 4) is 0 Å². The number of hydrogen-bond acceptors (Lipinski definition) is 4. The Morgan fingerprint density at radius 3 is 2.48 bits per heavy atom. The SMILES string of the molecule is CCN(CC)C(C(=O)N1CCC(N2CCNCC2)C1)c1ccccc1. The van der Waals surface area contributed by atoms with Gasteiger partial charge in [0, 0.05) is 45.3 Å². The van der Waals surface area contributed by atoms with Crippen LogP contribution in [0.4, 0.5) is 0 Å². The standard InChI is InChI=1S/C20H32N4O/c1-3-22(4-2)19(17-8-6-5-7-9-17)20(25)24-13-10-18(16-24)23-14-11-21-12-15-23/h5-9,18-19,21H,3-4,10-16H2,1-2H3. The van der Waals surface area contributed by atoms with Gasteiger partial charge in [0.15, 0.2) is 0 Å². The molecule has 2 atom stereocenters. The van der Waals surface area contributed by atoms with Gasteiger partial charge in [0.25, 0.3) is 0 Å². The zero-order chi connectivity index (χ0) is 17.6. The van der Waals surface area contributed by atoms with Gasteiger partial charge < -0.3 is 10.2 Å². The molecule has 2 saturated heterocycles. The van der Waals surface area contributed by atoms with Crippen LogP contribution in [-0.4, -0.2) is 79.0 Å². The van der Waals surface area contributed by atoms with Gasteiger partial charge in [-0.15, -0.1) is 0 Å². The van der Waals surface area contributed by atoms with E-state index in [0.29, 0.717) is 6.04 Å². The van der Waals surface area contributed by atoms with Gasteiger partial charge in [-0.25, -0.2) is 0 Å². The molecule has 0 aliphatic carbocycles. The van der Waals surface area contributed by atoms with Crippen molar-refractivity contribution in [2.45, 2.75) is 32.4 Å². The number of benzene rings is 1. The number of nitrogens with zero attached hydrogens (tertiary/aromatic N) is 3. The summed E-state index contributed by atoms with van der Waals surface area (Å²) in [5.74, 6) is 0.271. The normalized spacial score (nSPS) is 23.2. The molecule has 1 aromatic carbocycles. The summed E-state index contributed by atoms with van der Waals surface area (Å²) in [5.41, 5.74) is 1.11. The summed E-state index contributed by atoms with van der Waals surface area (Å²) < 4.78 is 0. The minimum Gasteiger partial charge on any atom is -0.339 e. The summed E-state index contributed by atoms with van der Waals surface area (Å²) in [5, 5.41) is 3.41. The summed E-state index contributed by atoms with van der Waals surface area (Å²) in [6, 6.07) is 10.6. The fraction of sp³-hybridized carbons (Fsp3) is 0.650. The van der Waals surface area contributed by atoms with E-state index >= 15 is 0 Å². The second-order valence-corrected chi connectivity index (χ2v) is 7.05. The summed E-state index contributed by atoms with van der Waals surface area (Å²) in [7, 11) is 0. The van der Waals surface area contributed by atoms with Crippen molar-refractivity contribution >= 4 is 5.91 Å². The van der Waals surface area contributed by atoms with Gasteiger partial charge in [-0.3, -0.25) is 14.6 Å². The average molecular weight is 345 g/mol. The second kappa shape index (κ2) is 8.79. The molecule has 0 aromatic heterocycles. The van der Waals surface area contributed by atoms with Crippen LogP contribution in [0.5, 0.6) is 0 Å². The minimum absolute atomic E-state index is 0.155. The molecule has 0 spiro atoms. The molecule has 2 fully saturated rings. The summed E-state index contributed by atoms with van der Waals surface area (Å²) >= 11 is 0. The number of amides is 1. The Bertz CT molecular complexity index is 540. The summed E-state index contributed by atoms with van der Waals surface area (Å²) in [6.07, 6.45) is 1.10. The predicted octanol–water partition coefficient (Wildman–Crippen LogP) is 1.58. The first-order valence-corrected chi connectivity index (χ1v) is 9.77. The third-order valence-electron chi connectivity index (χ3n) is 5.67. The fourth-order valence-electron chi connectivity index (χ4n) is 4.19. The van der Waals surface area contributed by atoms with Gasteiger partial charge in [-0.1, -0.05) is 44.2 Å². The maximum atomic E-state index is 13.4. The lowest BCUT2D eigenvalue weighted by Crippen LogP contribution is -2.50. The molecule has 1 amide bonds. The number of likely N-dealkylation sites (tertiary alicyclic amines) is 1. The summed E-state index contributed by atoms with van der Waals surface area (Å²) in [4.78, 5) is 20.3. The van der Waals surface area contributed by atoms with Crippen molar-refractivity contribution in [3.63, 3.8) is 0 Å². The van der Waals surface area contributed by atoms with Crippen LogP contribution in [0.3, 0.4) is 0 Å². The van der Waals surface area contributed by atoms with Crippen molar-refractivity contribution in [1.29, 1.82) is 0 Å². The maximum Gasteiger partial charge on any atom is 0.244 e. The van der Waals surface area contributed by atoms with Gasteiger partial charge in [-0.2, -0.15) is 0 Å². The number of piperazine rings is 1. The highest BCUT2D eigenvalue weighted by Crippen LogP contribution is 2.26. The van der Waals surface area contributed by atoms with Gasteiger partial charge >= 0.3 is 0 Å². The second-order valence-electron chi connectivity index (χ2n) is 7.05. The molecule has 0 radical (unpaired) electrons. The van der Waals surface area contributed by atoms with Gasteiger partial charge in [-0.05, 0) is 25.1 Å². The van der Waals surface area contributed by atoms with Crippen molar-refractivity contribution < 1.29 is 4.79 Å². The molecule has 2 aliphatic heterocycles. The third kappa shape index (κ3) is 4.22. The van der Waals surface area contributed by atoms with Crippen LogP contribution in [-0.2, 0) is 4.79 Å². The lowest BCUT2D eigenvalue weighted by Gasteiger charge is -2.34. The Morgan fingerprint density at radius 1 is 1.16 bits per heavy atom.